The summed E-state index contributed by atoms with van der Waals surface area (Å²) in [6.07, 6.45) is 12.5. The van der Waals surface area contributed by atoms with Gasteiger partial charge >= 0.3 is 0 Å². The zero-order valence-electron chi connectivity index (χ0n) is 14.1. The van der Waals surface area contributed by atoms with Crippen molar-refractivity contribution in [2.75, 3.05) is 13.2 Å². The Balaban J connectivity index is 1.37. The summed E-state index contributed by atoms with van der Waals surface area (Å²) in [6.45, 7) is 1.46. The Morgan fingerprint density at radius 1 is 1.04 bits per heavy atom. The van der Waals surface area contributed by atoms with E-state index in [9.17, 15) is 4.79 Å². The third kappa shape index (κ3) is 4.81. The average molecular weight is 315 g/mol. The van der Waals surface area contributed by atoms with Crippen LogP contribution in [0.15, 0.2) is 18.2 Å². The molecule has 0 spiro atoms. The van der Waals surface area contributed by atoms with Crippen LogP contribution in [0, 0.1) is 0 Å². The number of rotatable bonds is 6. The summed E-state index contributed by atoms with van der Waals surface area (Å²) in [7, 11) is 0. The van der Waals surface area contributed by atoms with E-state index < -0.39 is 0 Å². The van der Waals surface area contributed by atoms with E-state index in [2.05, 4.69) is 17.4 Å². The van der Waals surface area contributed by atoms with E-state index in [4.69, 9.17) is 4.74 Å². The van der Waals surface area contributed by atoms with E-state index >= 15 is 0 Å². The van der Waals surface area contributed by atoms with Crippen molar-refractivity contribution in [1.82, 2.24) is 5.32 Å². The smallest absolute Gasteiger partial charge is 0.251 e. The van der Waals surface area contributed by atoms with Crippen molar-refractivity contribution in [2.45, 2.75) is 70.3 Å². The Morgan fingerprint density at radius 3 is 2.65 bits per heavy atom. The molecule has 1 saturated carbocycles. The second kappa shape index (κ2) is 8.49. The van der Waals surface area contributed by atoms with Crippen molar-refractivity contribution in [3.63, 3.8) is 0 Å². The number of aryl methyl sites for hydroxylation is 2. The predicted molar refractivity (Wildman–Crippen MR) is 92.9 cm³/mol. The Bertz CT molecular complexity index is 520. The molecule has 2 aliphatic carbocycles. The molecule has 3 heteroatoms. The van der Waals surface area contributed by atoms with Gasteiger partial charge in [-0.2, -0.15) is 0 Å². The lowest BCUT2D eigenvalue weighted by Gasteiger charge is -2.22. The second-order valence-electron chi connectivity index (χ2n) is 6.93. The quantitative estimate of drug-likeness (QED) is 0.805. The maximum Gasteiger partial charge on any atom is 0.251 e. The lowest BCUT2D eigenvalue weighted by molar-refractivity contribution is 0.0273. The van der Waals surface area contributed by atoms with E-state index in [0.29, 0.717) is 12.6 Å². The normalized spacial score (nSPS) is 18.4. The fourth-order valence-electron chi connectivity index (χ4n) is 3.73. The molecule has 0 heterocycles. The number of hydrogen-bond donors (Lipinski definition) is 1. The Morgan fingerprint density at radius 2 is 1.83 bits per heavy atom. The molecular weight excluding hydrogens is 286 g/mol. The second-order valence-corrected chi connectivity index (χ2v) is 6.93. The first-order valence-electron chi connectivity index (χ1n) is 9.34. The van der Waals surface area contributed by atoms with Gasteiger partial charge in [0.05, 0.1) is 6.10 Å². The zero-order chi connectivity index (χ0) is 15.9. The first kappa shape index (κ1) is 16.5. The van der Waals surface area contributed by atoms with E-state index in [0.717, 1.165) is 31.4 Å². The van der Waals surface area contributed by atoms with E-state index in [1.165, 1.54) is 56.1 Å². The topological polar surface area (TPSA) is 38.3 Å². The summed E-state index contributed by atoms with van der Waals surface area (Å²) in [6, 6.07) is 6.19. The van der Waals surface area contributed by atoms with Crippen LogP contribution in [0.5, 0.6) is 0 Å². The maximum atomic E-state index is 12.2. The molecule has 126 valence electrons. The molecule has 1 amide bonds. The number of nitrogens with one attached hydrogen (secondary N) is 1. The van der Waals surface area contributed by atoms with Crippen LogP contribution in [0.4, 0.5) is 0 Å². The number of fused-ring (bicyclic) bond motifs is 1. The highest BCUT2D eigenvalue weighted by atomic mass is 16.5. The molecule has 2 aliphatic rings. The Labute approximate surface area is 139 Å². The van der Waals surface area contributed by atoms with Crippen LogP contribution in [0.3, 0.4) is 0 Å². The van der Waals surface area contributed by atoms with Crippen LogP contribution >= 0.6 is 0 Å². The van der Waals surface area contributed by atoms with Gasteiger partial charge < -0.3 is 10.1 Å². The minimum absolute atomic E-state index is 0.0519. The molecule has 0 unspecified atom stereocenters. The highest BCUT2D eigenvalue weighted by Gasteiger charge is 2.14. The van der Waals surface area contributed by atoms with Crippen molar-refractivity contribution >= 4 is 5.91 Å². The van der Waals surface area contributed by atoms with Gasteiger partial charge in [-0.25, -0.2) is 0 Å². The van der Waals surface area contributed by atoms with E-state index in [-0.39, 0.29) is 5.91 Å². The molecule has 0 atom stereocenters. The van der Waals surface area contributed by atoms with Crippen molar-refractivity contribution in [1.29, 1.82) is 0 Å². The number of hydrogen-bond acceptors (Lipinski definition) is 2. The molecule has 1 aromatic rings. The van der Waals surface area contributed by atoms with Crippen LogP contribution in [0.1, 0.15) is 72.9 Å². The van der Waals surface area contributed by atoms with E-state index in [1.54, 1.807) is 0 Å². The first-order chi connectivity index (χ1) is 11.3. The van der Waals surface area contributed by atoms with Crippen molar-refractivity contribution in [3.8, 4) is 0 Å². The molecule has 0 bridgehead atoms. The molecular formula is C20H29NO2. The average Bonchev–Trinajstić information content (AvgIpc) is 2.61. The van der Waals surface area contributed by atoms with Crippen molar-refractivity contribution in [2.24, 2.45) is 0 Å². The summed E-state index contributed by atoms with van der Waals surface area (Å²) in [5.41, 5.74) is 3.59. The molecule has 3 nitrogen and oxygen atoms in total. The maximum absolute atomic E-state index is 12.2. The number of carbonyl (C=O) groups excluding carboxylic acids is 1. The van der Waals surface area contributed by atoms with Gasteiger partial charge in [-0.05, 0) is 68.2 Å². The molecule has 0 radical (unpaired) electrons. The SMILES string of the molecule is O=C(NCCCOC1CCCCC1)c1ccc2c(c1)CCCC2. The van der Waals surface area contributed by atoms with Crippen LogP contribution < -0.4 is 5.32 Å². The highest BCUT2D eigenvalue weighted by molar-refractivity contribution is 5.94. The largest absolute Gasteiger partial charge is 0.378 e. The van der Waals surface area contributed by atoms with Crippen molar-refractivity contribution < 1.29 is 9.53 Å². The van der Waals surface area contributed by atoms with Crippen molar-refractivity contribution in [3.05, 3.63) is 34.9 Å². The van der Waals surface area contributed by atoms with Gasteiger partial charge in [0.1, 0.15) is 0 Å². The molecule has 1 N–H and O–H groups in total. The molecule has 0 saturated heterocycles. The van der Waals surface area contributed by atoms with Gasteiger partial charge in [0, 0.05) is 18.7 Å². The molecule has 23 heavy (non-hydrogen) atoms. The zero-order valence-corrected chi connectivity index (χ0v) is 14.1. The number of amides is 1. The summed E-state index contributed by atoms with van der Waals surface area (Å²) in [5, 5.41) is 3.02. The summed E-state index contributed by atoms with van der Waals surface area (Å²) >= 11 is 0. The molecule has 1 fully saturated rings. The molecule has 0 aliphatic heterocycles. The first-order valence-corrected chi connectivity index (χ1v) is 9.34. The van der Waals surface area contributed by atoms with E-state index in [1.807, 2.05) is 6.07 Å². The number of ether oxygens (including phenoxy) is 1. The molecule has 0 aromatic heterocycles. The van der Waals surface area contributed by atoms with Gasteiger partial charge in [0.25, 0.3) is 5.91 Å². The Kier molecular flexibility index (Phi) is 6.09. The monoisotopic (exact) mass is 315 g/mol. The lowest BCUT2D eigenvalue weighted by Crippen LogP contribution is -2.26. The summed E-state index contributed by atoms with van der Waals surface area (Å²) < 4.78 is 5.89. The van der Waals surface area contributed by atoms with Gasteiger partial charge in [-0.1, -0.05) is 25.3 Å². The van der Waals surface area contributed by atoms with Gasteiger partial charge in [-0.15, -0.1) is 0 Å². The fraction of sp³-hybridized carbons (Fsp3) is 0.650. The van der Waals surface area contributed by atoms with Gasteiger partial charge in [-0.3, -0.25) is 4.79 Å². The summed E-state index contributed by atoms with van der Waals surface area (Å²) in [5.74, 6) is 0.0519. The number of benzene rings is 1. The summed E-state index contributed by atoms with van der Waals surface area (Å²) in [4.78, 5) is 12.2. The van der Waals surface area contributed by atoms with Crippen LogP contribution in [0.25, 0.3) is 0 Å². The van der Waals surface area contributed by atoms with Gasteiger partial charge in [0.2, 0.25) is 0 Å². The fourth-order valence-corrected chi connectivity index (χ4v) is 3.73. The molecule has 3 rings (SSSR count). The number of carbonyl (C=O) groups is 1. The third-order valence-electron chi connectivity index (χ3n) is 5.12. The third-order valence-corrected chi connectivity index (χ3v) is 5.12. The minimum atomic E-state index is 0.0519. The predicted octanol–water partition coefficient (Wildman–Crippen LogP) is 4.03. The van der Waals surface area contributed by atoms with Gasteiger partial charge in [0.15, 0.2) is 0 Å². The van der Waals surface area contributed by atoms with Crippen LogP contribution in [-0.2, 0) is 17.6 Å². The molecule has 1 aromatic carbocycles. The standard InChI is InChI=1S/C20H29NO2/c22-20(18-12-11-16-7-4-5-8-17(16)15-18)21-13-6-14-23-19-9-2-1-3-10-19/h11-12,15,19H,1-10,13-14H2,(H,21,22). The highest BCUT2D eigenvalue weighted by Crippen LogP contribution is 2.22. The Hall–Kier alpha value is -1.35. The lowest BCUT2D eigenvalue weighted by atomic mass is 9.90. The van der Waals surface area contributed by atoms with Crippen LogP contribution in [0.2, 0.25) is 0 Å². The minimum Gasteiger partial charge on any atom is -0.378 e. The van der Waals surface area contributed by atoms with Crippen LogP contribution in [-0.4, -0.2) is 25.2 Å².